The van der Waals surface area contributed by atoms with Gasteiger partial charge in [0.25, 0.3) is 0 Å². The number of aliphatic carboxylic acids is 1. The smallest absolute Gasteiger partial charge is 0.405 e. The number of hydrogen-bond acceptors (Lipinski definition) is 3. The molecule has 0 bridgehead atoms. The maximum atomic E-state index is 11.1. The summed E-state index contributed by atoms with van der Waals surface area (Å²) in [6.45, 7) is 4.84. The van der Waals surface area contributed by atoms with Gasteiger partial charge in [-0.05, 0) is 6.92 Å². The molecule has 1 unspecified atom stereocenters. The first-order valence-corrected chi connectivity index (χ1v) is 4.06. The van der Waals surface area contributed by atoms with E-state index in [9.17, 15) is 9.59 Å². The van der Waals surface area contributed by atoms with Crippen LogP contribution in [0.25, 0.3) is 0 Å². The zero-order chi connectivity index (χ0) is 11.5. The third kappa shape index (κ3) is 3.57. The van der Waals surface area contributed by atoms with Gasteiger partial charge in [-0.2, -0.15) is 0 Å². The molecule has 0 saturated heterocycles. The molecule has 0 amide bonds. The first-order chi connectivity index (χ1) is 6.16. The average molecular weight is 202 g/mol. The number of hydrogen-bond donors (Lipinski definition) is 1. The molecule has 0 spiro atoms. The topological polar surface area (TPSA) is 63.6 Å². The van der Waals surface area contributed by atoms with E-state index in [1.54, 1.807) is 21.1 Å². The molecule has 80 valence electrons. The Balaban J connectivity index is 4.64. The molecule has 0 aromatic heterocycles. The monoisotopic (exact) mass is 202 g/mol. The van der Waals surface area contributed by atoms with Gasteiger partial charge in [0, 0.05) is 5.57 Å². The summed E-state index contributed by atoms with van der Waals surface area (Å²) in [5, 5.41) is 8.82. The fourth-order valence-corrected chi connectivity index (χ4v) is 0.742. The van der Waals surface area contributed by atoms with Gasteiger partial charge in [-0.3, -0.25) is 4.48 Å². The number of likely N-dealkylation sites (N-methyl/N-ethyl adjacent to an activating group) is 1. The van der Waals surface area contributed by atoms with E-state index in [0.717, 1.165) is 0 Å². The van der Waals surface area contributed by atoms with Crippen LogP contribution in [0.4, 0.5) is 0 Å². The van der Waals surface area contributed by atoms with Crippen molar-refractivity contribution in [1.82, 2.24) is 0 Å². The second-order valence-corrected chi connectivity index (χ2v) is 3.99. The minimum Gasteiger partial charge on any atom is -0.474 e. The third-order valence-electron chi connectivity index (χ3n) is 1.48. The zero-order valence-corrected chi connectivity index (χ0v) is 8.90. The lowest BCUT2D eigenvalue weighted by atomic mass is 10.3. The summed E-state index contributed by atoms with van der Waals surface area (Å²) >= 11 is 0. The summed E-state index contributed by atoms with van der Waals surface area (Å²) in [7, 11) is 4.89. The van der Waals surface area contributed by atoms with Crippen LogP contribution in [-0.2, 0) is 14.3 Å². The highest BCUT2D eigenvalue weighted by atomic mass is 16.6. The maximum Gasteiger partial charge on any atom is 0.405 e. The normalized spacial score (nSPS) is 13.1. The van der Waals surface area contributed by atoms with Crippen molar-refractivity contribution in [1.29, 1.82) is 0 Å². The summed E-state index contributed by atoms with van der Waals surface area (Å²) in [5.74, 6) is -1.86. The van der Waals surface area contributed by atoms with Gasteiger partial charge in [0.15, 0.2) is 0 Å². The molecular formula is C9H16NO4+. The van der Waals surface area contributed by atoms with Crippen LogP contribution in [0.15, 0.2) is 12.2 Å². The number of nitrogens with zero attached hydrogens (tertiary/aromatic N) is 1. The summed E-state index contributed by atoms with van der Waals surface area (Å²) < 4.78 is 4.78. The average Bonchev–Trinajstić information content (AvgIpc) is 1.96. The van der Waals surface area contributed by atoms with Crippen LogP contribution < -0.4 is 0 Å². The van der Waals surface area contributed by atoms with Crippen LogP contribution in [0.1, 0.15) is 6.92 Å². The molecule has 5 heteroatoms. The van der Waals surface area contributed by atoms with Crippen molar-refractivity contribution in [2.24, 2.45) is 0 Å². The number of rotatable bonds is 4. The van der Waals surface area contributed by atoms with Crippen molar-refractivity contribution >= 4 is 11.9 Å². The van der Waals surface area contributed by atoms with E-state index in [4.69, 9.17) is 9.84 Å². The predicted molar refractivity (Wildman–Crippen MR) is 50.4 cm³/mol. The fraction of sp³-hybridized carbons (Fsp3) is 0.556. The second kappa shape index (κ2) is 4.23. The van der Waals surface area contributed by atoms with Gasteiger partial charge in [-0.25, -0.2) is 9.59 Å². The molecule has 0 saturated carbocycles. The number of carboxylic acid groups (broad SMARTS) is 1. The first-order valence-electron chi connectivity index (χ1n) is 4.06. The van der Waals surface area contributed by atoms with E-state index in [2.05, 4.69) is 6.58 Å². The first kappa shape index (κ1) is 12.6. The summed E-state index contributed by atoms with van der Waals surface area (Å²) in [6.07, 6.45) is -1.21. The number of carbonyl (C=O) groups excluding carboxylic acids is 1. The number of esters is 1. The Kier molecular flexibility index (Phi) is 3.82. The summed E-state index contributed by atoms with van der Waals surface area (Å²) in [4.78, 5) is 21.9. The standard InChI is InChI=1S/C9H15NO4/c1-6(2)9(13)14-7(8(11)12)10(3,4)5/h7H,1H2,2-5H3/p+1. The van der Waals surface area contributed by atoms with E-state index in [0.29, 0.717) is 0 Å². The molecule has 5 nitrogen and oxygen atoms in total. The molecule has 0 aromatic carbocycles. The maximum absolute atomic E-state index is 11.1. The fourth-order valence-electron chi connectivity index (χ4n) is 0.742. The van der Waals surface area contributed by atoms with Crippen molar-refractivity contribution in [3.63, 3.8) is 0 Å². The number of ether oxygens (including phenoxy) is 1. The molecule has 14 heavy (non-hydrogen) atoms. The van der Waals surface area contributed by atoms with E-state index >= 15 is 0 Å². The molecule has 0 radical (unpaired) electrons. The second-order valence-electron chi connectivity index (χ2n) is 3.99. The van der Waals surface area contributed by atoms with Crippen LogP contribution in [0.2, 0.25) is 0 Å². The molecule has 0 heterocycles. The Bertz CT molecular complexity index is 264. The molecule has 0 aromatic rings. The van der Waals surface area contributed by atoms with Crippen molar-refractivity contribution in [3.8, 4) is 0 Å². The number of carboxylic acids is 1. The van der Waals surface area contributed by atoms with Gasteiger partial charge in [-0.1, -0.05) is 6.58 Å². The summed E-state index contributed by atoms with van der Waals surface area (Å²) in [5.41, 5.74) is 0.185. The molecule has 0 rings (SSSR count). The molecule has 0 aliphatic rings. The van der Waals surface area contributed by atoms with Gasteiger partial charge in [0.2, 0.25) is 0 Å². The van der Waals surface area contributed by atoms with Crippen LogP contribution in [0.5, 0.6) is 0 Å². The predicted octanol–water partition coefficient (Wildman–Crippen LogP) is 0.223. The molecule has 0 aliphatic carbocycles. The Hall–Kier alpha value is -1.36. The van der Waals surface area contributed by atoms with E-state index < -0.39 is 18.2 Å². The van der Waals surface area contributed by atoms with E-state index in [-0.39, 0.29) is 10.1 Å². The van der Waals surface area contributed by atoms with Crippen LogP contribution in [0, 0.1) is 0 Å². The van der Waals surface area contributed by atoms with Crippen molar-refractivity contribution in [2.45, 2.75) is 13.2 Å². The van der Waals surface area contributed by atoms with Gasteiger partial charge < -0.3 is 9.84 Å². The SMILES string of the molecule is C=C(C)C(=O)OC(C(=O)O)[N+](C)(C)C. The van der Waals surface area contributed by atoms with Crippen LogP contribution in [-0.4, -0.2) is 48.9 Å². The molecule has 0 fully saturated rings. The Morgan fingerprint density at radius 2 is 1.79 bits per heavy atom. The van der Waals surface area contributed by atoms with Gasteiger partial charge in [0.1, 0.15) is 0 Å². The Morgan fingerprint density at radius 3 is 2.00 bits per heavy atom. The quantitative estimate of drug-likeness (QED) is 0.306. The number of carbonyl (C=O) groups is 2. The highest BCUT2D eigenvalue weighted by Gasteiger charge is 2.35. The van der Waals surface area contributed by atoms with E-state index in [1.807, 2.05) is 0 Å². The molecular weight excluding hydrogens is 186 g/mol. The molecule has 1 N–H and O–H groups in total. The third-order valence-corrected chi connectivity index (χ3v) is 1.48. The molecule has 1 atom stereocenters. The highest BCUT2D eigenvalue weighted by Crippen LogP contribution is 2.07. The van der Waals surface area contributed by atoms with Crippen LogP contribution in [0.3, 0.4) is 0 Å². The highest BCUT2D eigenvalue weighted by molar-refractivity contribution is 5.88. The van der Waals surface area contributed by atoms with Crippen molar-refractivity contribution < 1.29 is 23.9 Å². The van der Waals surface area contributed by atoms with Gasteiger partial charge in [0.05, 0.1) is 21.1 Å². The summed E-state index contributed by atoms with van der Waals surface area (Å²) in [6, 6.07) is 0. The lowest BCUT2D eigenvalue weighted by molar-refractivity contribution is -0.906. The Morgan fingerprint density at radius 1 is 1.36 bits per heavy atom. The van der Waals surface area contributed by atoms with Gasteiger partial charge >= 0.3 is 18.2 Å². The lowest BCUT2D eigenvalue weighted by Gasteiger charge is -2.29. The number of quaternary nitrogens is 1. The van der Waals surface area contributed by atoms with E-state index in [1.165, 1.54) is 6.92 Å². The minimum absolute atomic E-state index is 0.00829. The lowest BCUT2D eigenvalue weighted by Crippen LogP contribution is -2.52. The van der Waals surface area contributed by atoms with Crippen LogP contribution >= 0.6 is 0 Å². The molecule has 0 aliphatic heterocycles. The van der Waals surface area contributed by atoms with Crippen molar-refractivity contribution in [2.75, 3.05) is 21.1 Å². The van der Waals surface area contributed by atoms with Crippen molar-refractivity contribution in [3.05, 3.63) is 12.2 Å². The Labute approximate surface area is 83.2 Å². The van der Waals surface area contributed by atoms with Gasteiger partial charge in [-0.15, -0.1) is 0 Å². The largest absolute Gasteiger partial charge is 0.474 e. The minimum atomic E-state index is -1.21. The zero-order valence-electron chi connectivity index (χ0n) is 8.90.